The van der Waals surface area contributed by atoms with E-state index in [1.165, 1.54) is 0 Å². The second-order valence-corrected chi connectivity index (χ2v) is 4.66. The number of aromatic nitrogens is 2. The highest BCUT2D eigenvalue weighted by atomic mass is 16.3. The third-order valence-corrected chi connectivity index (χ3v) is 2.97. The smallest absolute Gasteiger partial charge is 0.101 e. The molecule has 1 aromatic carbocycles. The van der Waals surface area contributed by atoms with Crippen LogP contribution in [0.15, 0.2) is 36.7 Å². The molecule has 0 saturated heterocycles. The standard InChI is InChI=1S/C14H17N5O/c1-18(14-5-3-2-4-11(14)6-15)9-13(20)10-19-8-12(16)7-17-19/h2-5,7-8,13,20H,9-10,16H2,1H3. The molecule has 0 saturated carbocycles. The molecule has 0 aliphatic rings. The first-order valence-electron chi connectivity index (χ1n) is 6.26. The van der Waals surface area contributed by atoms with Crippen LogP contribution in [0.4, 0.5) is 11.4 Å². The molecule has 2 aromatic rings. The van der Waals surface area contributed by atoms with E-state index < -0.39 is 6.10 Å². The van der Waals surface area contributed by atoms with Crippen LogP contribution < -0.4 is 10.6 Å². The van der Waals surface area contributed by atoms with Gasteiger partial charge >= 0.3 is 0 Å². The maximum absolute atomic E-state index is 10.1. The van der Waals surface area contributed by atoms with Gasteiger partial charge in [-0.3, -0.25) is 4.68 Å². The van der Waals surface area contributed by atoms with Crippen LogP contribution in [-0.2, 0) is 6.54 Å². The quantitative estimate of drug-likeness (QED) is 0.840. The fraction of sp³-hybridized carbons (Fsp3) is 0.286. The lowest BCUT2D eigenvalue weighted by Crippen LogP contribution is -2.32. The van der Waals surface area contributed by atoms with Crippen molar-refractivity contribution in [1.29, 1.82) is 5.26 Å². The van der Waals surface area contributed by atoms with E-state index in [2.05, 4.69) is 11.2 Å². The second kappa shape index (κ2) is 6.08. The average Bonchev–Trinajstić information content (AvgIpc) is 2.83. The Morgan fingerprint density at radius 1 is 1.50 bits per heavy atom. The Morgan fingerprint density at radius 3 is 2.90 bits per heavy atom. The largest absolute Gasteiger partial charge is 0.396 e. The molecule has 0 spiro atoms. The fourth-order valence-corrected chi connectivity index (χ4v) is 2.07. The molecule has 2 rings (SSSR count). The van der Waals surface area contributed by atoms with Crippen molar-refractivity contribution in [3.05, 3.63) is 42.2 Å². The summed E-state index contributed by atoms with van der Waals surface area (Å²) in [5, 5.41) is 23.2. The first-order valence-corrected chi connectivity index (χ1v) is 6.26. The summed E-state index contributed by atoms with van der Waals surface area (Å²) in [6, 6.07) is 9.45. The number of likely N-dealkylation sites (N-methyl/N-ethyl adjacent to an activating group) is 1. The van der Waals surface area contributed by atoms with E-state index in [0.717, 1.165) is 5.69 Å². The minimum Gasteiger partial charge on any atom is -0.396 e. The molecule has 104 valence electrons. The molecule has 0 aliphatic heterocycles. The van der Waals surface area contributed by atoms with Gasteiger partial charge in [-0.25, -0.2) is 0 Å². The lowest BCUT2D eigenvalue weighted by Gasteiger charge is -2.23. The fourth-order valence-electron chi connectivity index (χ4n) is 2.07. The number of hydrogen-bond acceptors (Lipinski definition) is 5. The minimum atomic E-state index is -0.606. The van der Waals surface area contributed by atoms with Crippen LogP contribution in [0.2, 0.25) is 0 Å². The van der Waals surface area contributed by atoms with Crippen molar-refractivity contribution < 1.29 is 5.11 Å². The first-order chi connectivity index (χ1) is 9.60. The van der Waals surface area contributed by atoms with E-state index in [9.17, 15) is 5.11 Å². The zero-order valence-electron chi connectivity index (χ0n) is 11.3. The monoisotopic (exact) mass is 271 g/mol. The molecule has 6 heteroatoms. The third kappa shape index (κ3) is 3.28. The first kappa shape index (κ1) is 13.9. The van der Waals surface area contributed by atoms with Crippen molar-refractivity contribution in [2.45, 2.75) is 12.6 Å². The van der Waals surface area contributed by atoms with Crippen LogP contribution in [0.5, 0.6) is 0 Å². The van der Waals surface area contributed by atoms with E-state index in [4.69, 9.17) is 11.0 Å². The van der Waals surface area contributed by atoms with Crippen molar-refractivity contribution in [2.75, 3.05) is 24.2 Å². The summed E-state index contributed by atoms with van der Waals surface area (Å²) in [6.45, 7) is 0.759. The molecule has 3 N–H and O–H groups in total. The molecular weight excluding hydrogens is 254 g/mol. The predicted molar refractivity (Wildman–Crippen MR) is 77.1 cm³/mol. The molecule has 20 heavy (non-hydrogen) atoms. The van der Waals surface area contributed by atoms with Crippen LogP contribution in [0.25, 0.3) is 0 Å². The van der Waals surface area contributed by atoms with Crippen molar-refractivity contribution >= 4 is 11.4 Å². The Labute approximate surface area is 117 Å². The van der Waals surface area contributed by atoms with Crippen LogP contribution in [0.1, 0.15) is 5.56 Å². The molecule has 1 aromatic heterocycles. The van der Waals surface area contributed by atoms with Gasteiger partial charge in [0.15, 0.2) is 0 Å². The summed E-state index contributed by atoms with van der Waals surface area (Å²) in [5.74, 6) is 0. The summed E-state index contributed by atoms with van der Waals surface area (Å²) in [7, 11) is 1.84. The number of aliphatic hydroxyl groups is 1. The SMILES string of the molecule is CN(CC(O)Cn1cc(N)cn1)c1ccccc1C#N. The van der Waals surface area contributed by atoms with Gasteiger partial charge in [0.1, 0.15) is 6.07 Å². The van der Waals surface area contributed by atoms with E-state index in [0.29, 0.717) is 24.3 Å². The third-order valence-electron chi connectivity index (χ3n) is 2.97. The number of nitriles is 1. The van der Waals surface area contributed by atoms with Crippen LogP contribution in [0, 0.1) is 11.3 Å². The zero-order valence-corrected chi connectivity index (χ0v) is 11.3. The summed E-state index contributed by atoms with van der Waals surface area (Å²) >= 11 is 0. The van der Waals surface area contributed by atoms with E-state index in [-0.39, 0.29) is 0 Å². The number of nitrogens with zero attached hydrogens (tertiary/aromatic N) is 4. The Kier molecular flexibility index (Phi) is 4.23. The minimum absolute atomic E-state index is 0.357. The van der Waals surface area contributed by atoms with Crippen molar-refractivity contribution in [1.82, 2.24) is 9.78 Å². The van der Waals surface area contributed by atoms with Gasteiger partial charge < -0.3 is 15.7 Å². The maximum Gasteiger partial charge on any atom is 0.101 e. The normalized spacial score (nSPS) is 11.8. The van der Waals surface area contributed by atoms with E-state index >= 15 is 0 Å². The number of rotatable bonds is 5. The van der Waals surface area contributed by atoms with Crippen molar-refractivity contribution in [3.8, 4) is 6.07 Å². The Hall–Kier alpha value is -2.52. The van der Waals surface area contributed by atoms with Crippen molar-refractivity contribution in [3.63, 3.8) is 0 Å². The Morgan fingerprint density at radius 2 is 2.25 bits per heavy atom. The van der Waals surface area contributed by atoms with Gasteiger partial charge in [0.25, 0.3) is 0 Å². The molecule has 0 bridgehead atoms. The molecule has 0 amide bonds. The zero-order chi connectivity index (χ0) is 14.5. The van der Waals surface area contributed by atoms with Crippen LogP contribution in [0.3, 0.4) is 0 Å². The molecule has 0 aliphatic carbocycles. The highest BCUT2D eigenvalue weighted by molar-refractivity contribution is 5.58. The summed E-state index contributed by atoms with van der Waals surface area (Å²) in [4.78, 5) is 1.86. The number of nitrogens with two attached hydrogens (primary N) is 1. The number of hydrogen-bond donors (Lipinski definition) is 2. The summed E-state index contributed by atoms with van der Waals surface area (Å²) in [5.41, 5.74) is 7.53. The van der Waals surface area contributed by atoms with Gasteiger partial charge in [0, 0.05) is 19.8 Å². The Bertz CT molecular complexity index is 616. The maximum atomic E-state index is 10.1. The number of para-hydroxylation sites is 1. The van der Waals surface area contributed by atoms with Crippen LogP contribution >= 0.6 is 0 Å². The molecule has 1 atom stereocenters. The second-order valence-electron chi connectivity index (χ2n) is 4.66. The molecule has 1 heterocycles. The Balaban J connectivity index is 2.00. The van der Waals surface area contributed by atoms with Crippen LogP contribution in [-0.4, -0.2) is 34.6 Å². The average molecular weight is 271 g/mol. The predicted octanol–water partition coefficient (Wildman–Crippen LogP) is 0.834. The molecule has 0 radical (unpaired) electrons. The topological polar surface area (TPSA) is 91.1 Å². The van der Waals surface area contributed by atoms with Gasteiger partial charge in [-0.15, -0.1) is 0 Å². The highest BCUT2D eigenvalue weighted by Crippen LogP contribution is 2.18. The lowest BCUT2D eigenvalue weighted by molar-refractivity contribution is 0.156. The number of nitrogen functional groups attached to an aromatic ring is 1. The molecule has 1 unspecified atom stereocenters. The summed E-state index contributed by atoms with van der Waals surface area (Å²) in [6.07, 6.45) is 2.61. The van der Waals surface area contributed by atoms with E-state index in [1.807, 2.05) is 30.1 Å². The van der Waals surface area contributed by atoms with Gasteiger partial charge in [-0.1, -0.05) is 12.1 Å². The molecule has 0 fully saturated rings. The van der Waals surface area contributed by atoms with Gasteiger partial charge in [-0.2, -0.15) is 10.4 Å². The number of aliphatic hydroxyl groups excluding tert-OH is 1. The molecular formula is C14H17N5O. The van der Waals surface area contributed by atoms with Gasteiger partial charge in [0.2, 0.25) is 0 Å². The summed E-state index contributed by atoms with van der Waals surface area (Å²) < 4.78 is 1.60. The number of anilines is 2. The van der Waals surface area contributed by atoms with E-state index in [1.54, 1.807) is 23.1 Å². The van der Waals surface area contributed by atoms with Gasteiger partial charge in [0.05, 0.1) is 35.8 Å². The lowest BCUT2D eigenvalue weighted by atomic mass is 10.1. The number of benzene rings is 1. The highest BCUT2D eigenvalue weighted by Gasteiger charge is 2.12. The molecule has 6 nitrogen and oxygen atoms in total. The van der Waals surface area contributed by atoms with Crippen molar-refractivity contribution in [2.24, 2.45) is 0 Å². The van der Waals surface area contributed by atoms with Gasteiger partial charge in [-0.05, 0) is 12.1 Å².